The monoisotopic (exact) mass is 268 g/mol. The molecule has 2 amide bonds. The van der Waals surface area contributed by atoms with Gasteiger partial charge in [-0.15, -0.1) is 0 Å². The minimum Gasteiger partial charge on any atom is -0.392 e. The van der Waals surface area contributed by atoms with Gasteiger partial charge in [0.15, 0.2) is 0 Å². The summed E-state index contributed by atoms with van der Waals surface area (Å²) in [6.07, 6.45) is 3.33. The van der Waals surface area contributed by atoms with Gasteiger partial charge in [0.1, 0.15) is 0 Å². The average Bonchev–Trinajstić information content (AvgIpc) is 2.85. The highest BCUT2D eigenvalue weighted by atomic mass is 32.1. The van der Waals surface area contributed by atoms with Gasteiger partial charge in [0.25, 0.3) is 0 Å². The molecule has 1 aliphatic carbocycles. The third kappa shape index (κ3) is 1.94. The molecule has 100 valence electrons. The van der Waals surface area contributed by atoms with Crippen LogP contribution in [0, 0.1) is 17.8 Å². The van der Waals surface area contributed by atoms with Crippen LogP contribution in [0.25, 0.3) is 0 Å². The topological polar surface area (TPSA) is 63.4 Å². The molecule has 2 aliphatic rings. The Kier molecular flexibility index (Phi) is 3.71. The Balaban J connectivity index is 2.21. The van der Waals surface area contributed by atoms with Gasteiger partial charge < -0.3 is 5.73 Å². The van der Waals surface area contributed by atoms with Crippen molar-refractivity contribution in [2.24, 2.45) is 23.5 Å². The Morgan fingerprint density at radius 2 is 1.83 bits per heavy atom. The molecule has 0 aromatic rings. The zero-order valence-corrected chi connectivity index (χ0v) is 11.7. The lowest BCUT2D eigenvalue weighted by Gasteiger charge is -2.25. The number of fused-ring (bicyclic) bond motifs is 1. The van der Waals surface area contributed by atoms with Gasteiger partial charge in [-0.05, 0) is 25.2 Å². The predicted octanol–water partition coefficient (Wildman–Crippen LogP) is 1.47. The SMILES string of the molecule is CCC1CC2C(=O)N(C(CC)C(N)=S)C(=O)C2C1. The van der Waals surface area contributed by atoms with Crippen molar-refractivity contribution < 1.29 is 9.59 Å². The third-order valence-electron chi connectivity index (χ3n) is 4.37. The molecular formula is C13H20N2O2S. The highest BCUT2D eigenvalue weighted by Crippen LogP contribution is 2.45. The summed E-state index contributed by atoms with van der Waals surface area (Å²) in [5.74, 6) is 0.165. The summed E-state index contributed by atoms with van der Waals surface area (Å²) in [5.41, 5.74) is 5.64. The van der Waals surface area contributed by atoms with Crippen LogP contribution in [0.15, 0.2) is 0 Å². The first-order chi connectivity index (χ1) is 8.51. The van der Waals surface area contributed by atoms with Gasteiger partial charge in [-0.1, -0.05) is 32.5 Å². The molecular weight excluding hydrogens is 248 g/mol. The molecule has 1 saturated carbocycles. The van der Waals surface area contributed by atoms with Gasteiger partial charge in [-0.2, -0.15) is 0 Å². The number of carbonyl (C=O) groups excluding carboxylic acids is 2. The van der Waals surface area contributed by atoms with E-state index in [0.717, 1.165) is 19.3 Å². The molecule has 0 bridgehead atoms. The van der Waals surface area contributed by atoms with E-state index in [1.54, 1.807) is 0 Å². The van der Waals surface area contributed by atoms with Gasteiger partial charge in [0.2, 0.25) is 11.8 Å². The lowest BCUT2D eigenvalue weighted by Crippen LogP contribution is -2.47. The molecule has 5 heteroatoms. The van der Waals surface area contributed by atoms with Crippen molar-refractivity contribution in [3.8, 4) is 0 Å². The van der Waals surface area contributed by atoms with Crippen molar-refractivity contribution in [2.45, 2.75) is 45.6 Å². The van der Waals surface area contributed by atoms with E-state index in [4.69, 9.17) is 18.0 Å². The van der Waals surface area contributed by atoms with Crippen molar-refractivity contribution in [1.82, 2.24) is 4.90 Å². The molecule has 1 aliphatic heterocycles. The number of rotatable bonds is 4. The van der Waals surface area contributed by atoms with Gasteiger partial charge in [0, 0.05) is 0 Å². The Labute approximate surface area is 113 Å². The first-order valence-electron chi connectivity index (χ1n) is 6.67. The Hall–Kier alpha value is -0.970. The van der Waals surface area contributed by atoms with E-state index < -0.39 is 6.04 Å². The molecule has 0 aromatic heterocycles. The van der Waals surface area contributed by atoms with Crippen molar-refractivity contribution in [1.29, 1.82) is 0 Å². The predicted molar refractivity (Wildman–Crippen MR) is 72.7 cm³/mol. The second kappa shape index (κ2) is 4.96. The van der Waals surface area contributed by atoms with Crippen LogP contribution in [-0.2, 0) is 9.59 Å². The van der Waals surface area contributed by atoms with Crippen LogP contribution in [0.3, 0.4) is 0 Å². The second-order valence-corrected chi connectivity index (χ2v) is 5.80. The number of hydrogen-bond acceptors (Lipinski definition) is 3. The second-order valence-electron chi connectivity index (χ2n) is 5.33. The lowest BCUT2D eigenvalue weighted by atomic mass is 10.00. The molecule has 3 atom stereocenters. The number of nitrogens with two attached hydrogens (primary N) is 1. The molecule has 2 rings (SSSR count). The molecule has 0 radical (unpaired) electrons. The number of carbonyl (C=O) groups is 2. The summed E-state index contributed by atoms with van der Waals surface area (Å²) in [6.45, 7) is 4.01. The van der Waals surface area contributed by atoms with Crippen LogP contribution < -0.4 is 5.73 Å². The lowest BCUT2D eigenvalue weighted by molar-refractivity contribution is -0.141. The maximum atomic E-state index is 12.4. The summed E-state index contributed by atoms with van der Waals surface area (Å²) >= 11 is 4.97. The van der Waals surface area contributed by atoms with Gasteiger partial charge >= 0.3 is 0 Å². The van der Waals surface area contributed by atoms with E-state index in [1.807, 2.05) is 6.92 Å². The zero-order chi connectivity index (χ0) is 13.4. The largest absolute Gasteiger partial charge is 0.392 e. The number of nitrogens with zero attached hydrogens (tertiary/aromatic N) is 1. The van der Waals surface area contributed by atoms with Crippen molar-refractivity contribution in [3.05, 3.63) is 0 Å². The van der Waals surface area contributed by atoms with E-state index in [9.17, 15) is 9.59 Å². The maximum absolute atomic E-state index is 12.4. The minimum atomic E-state index is -0.398. The Morgan fingerprint density at radius 1 is 1.33 bits per heavy atom. The number of likely N-dealkylation sites (tertiary alicyclic amines) is 1. The Morgan fingerprint density at radius 3 is 2.17 bits per heavy atom. The molecule has 2 fully saturated rings. The summed E-state index contributed by atoms with van der Waals surface area (Å²) in [5, 5.41) is 0. The molecule has 0 aromatic carbocycles. The van der Waals surface area contributed by atoms with E-state index >= 15 is 0 Å². The van der Waals surface area contributed by atoms with Crippen LogP contribution in [0.2, 0.25) is 0 Å². The number of thiocarbonyl (C=S) groups is 1. The van der Waals surface area contributed by atoms with E-state index in [0.29, 0.717) is 12.3 Å². The summed E-state index contributed by atoms with van der Waals surface area (Å²) in [4.78, 5) is 26.3. The third-order valence-corrected chi connectivity index (χ3v) is 4.65. The molecule has 0 spiro atoms. The quantitative estimate of drug-likeness (QED) is 0.619. The maximum Gasteiger partial charge on any atom is 0.233 e. The standard InChI is InChI=1S/C13H20N2O2S/c1-3-7-5-8-9(6-7)13(17)15(12(8)16)10(4-2)11(14)18/h7-10H,3-6H2,1-2H3,(H2,14,18). The summed E-state index contributed by atoms with van der Waals surface area (Å²) in [6, 6.07) is -0.398. The fraction of sp³-hybridized carbons (Fsp3) is 0.769. The number of hydrogen-bond donors (Lipinski definition) is 1. The van der Waals surface area contributed by atoms with Gasteiger partial charge in [0.05, 0.1) is 22.9 Å². The van der Waals surface area contributed by atoms with Crippen LogP contribution in [0.4, 0.5) is 0 Å². The molecule has 4 nitrogen and oxygen atoms in total. The number of imide groups is 1. The number of amides is 2. The highest BCUT2D eigenvalue weighted by Gasteiger charge is 2.54. The van der Waals surface area contributed by atoms with Crippen LogP contribution in [0.5, 0.6) is 0 Å². The van der Waals surface area contributed by atoms with Crippen molar-refractivity contribution >= 4 is 29.0 Å². The molecule has 2 N–H and O–H groups in total. The smallest absolute Gasteiger partial charge is 0.233 e. The summed E-state index contributed by atoms with van der Waals surface area (Å²) < 4.78 is 0. The van der Waals surface area contributed by atoms with E-state index in [2.05, 4.69) is 6.92 Å². The fourth-order valence-corrected chi connectivity index (χ4v) is 3.58. The minimum absolute atomic E-state index is 0.0550. The van der Waals surface area contributed by atoms with Gasteiger partial charge in [-0.25, -0.2) is 0 Å². The molecule has 3 unspecified atom stereocenters. The van der Waals surface area contributed by atoms with Crippen LogP contribution in [-0.4, -0.2) is 27.7 Å². The first-order valence-corrected chi connectivity index (χ1v) is 7.08. The van der Waals surface area contributed by atoms with Gasteiger partial charge in [-0.3, -0.25) is 14.5 Å². The van der Waals surface area contributed by atoms with E-state index in [1.165, 1.54) is 4.90 Å². The summed E-state index contributed by atoms with van der Waals surface area (Å²) in [7, 11) is 0. The normalized spacial score (nSPS) is 32.8. The van der Waals surface area contributed by atoms with E-state index in [-0.39, 0.29) is 28.6 Å². The molecule has 1 heterocycles. The first kappa shape index (κ1) is 13.5. The fourth-order valence-electron chi connectivity index (χ4n) is 3.31. The average molecular weight is 268 g/mol. The Bertz CT molecular complexity index is 372. The highest BCUT2D eigenvalue weighted by molar-refractivity contribution is 7.80. The molecule has 18 heavy (non-hydrogen) atoms. The van der Waals surface area contributed by atoms with Crippen LogP contribution >= 0.6 is 12.2 Å². The molecule has 1 saturated heterocycles. The zero-order valence-electron chi connectivity index (χ0n) is 10.9. The van der Waals surface area contributed by atoms with Crippen LogP contribution in [0.1, 0.15) is 39.5 Å². The van der Waals surface area contributed by atoms with Crippen molar-refractivity contribution in [2.75, 3.05) is 0 Å². The van der Waals surface area contributed by atoms with Crippen molar-refractivity contribution in [3.63, 3.8) is 0 Å².